The maximum absolute atomic E-state index is 12.6. The average molecular weight is 390 g/mol. The molecule has 2 amide bonds. The molecule has 0 spiro atoms. The summed E-state index contributed by atoms with van der Waals surface area (Å²) in [5.41, 5.74) is 1.07. The van der Waals surface area contributed by atoms with Crippen LogP contribution in [-0.4, -0.2) is 34.6 Å². The molecule has 146 valence electrons. The molecule has 0 unspecified atom stereocenters. The largest absolute Gasteiger partial charge is 0.416 e. The summed E-state index contributed by atoms with van der Waals surface area (Å²) in [6.45, 7) is 0. The van der Waals surface area contributed by atoms with Crippen molar-refractivity contribution in [2.75, 3.05) is 12.4 Å². The molecule has 2 aromatic rings. The summed E-state index contributed by atoms with van der Waals surface area (Å²) in [4.78, 5) is 27.7. The average Bonchev–Trinajstić information content (AvgIpc) is 2.65. The van der Waals surface area contributed by atoms with Crippen molar-refractivity contribution in [2.45, 2.75) is 25.4 Å². The highest BCUT2D eigenvalue weighted by molar-refractivity contribution is 6.43. The third-order valence-corrected chi connectivity index (χ3v) is 4.23. The van der Waals surface area contributed by atoms with Crippen LogP contribution in [0.25, 0.3) is 0 Å². The molecule has 0 saturated heterocycles. The number of amides is 2. The Morgan fingerprint density at radius 1 is 1.11 bits per heavy atom. The van der Waals surface area contributed by atoms with Crippen molar-refractivity contribution in [2.24, 2.45) is 5.10 Å². The zero-order valence-corrected chi connectivity index (χ0v) is 15.0. The maximum Gasteiger partial charge on any atom is 0.416 e. The summed E-state index contributed by atoms with van der Waals surface area (Å²) in [6.07, 6.45) is -1.90. The standard InChI is InChI=1S/C19H17F3N4O2/c1-26-17(27)9-7-15(25-26)18(28)24-16-8-4-13(11-23-16)10-12-2-5-14(6-3-12)19(20,21)22/h2-6,8,11H,7,9-10H2,1H3,(H,23,24,28). The van der Waals surface area contributed by atoms with Gasteiger partial charge < -0.3 is 5.32 Å². The Labute approximate surface area is 159 Å². The third-order valence-electron chi connectivity index (χ3n) is 4.23. The number of hydrazone groups is 1. The van der Waals surface area contributed by atoms with Crippen molar-refractivity contribution in [3.8, 4) is 0 Å². The Bertz CT molecular complexity index is 906. The highest BCUT2D eigenvalue weighted by atomic mass is 19.4. The van der Waals surface area contributed by atoms with E-state index >= 15 is 0 Å². The summed E-state index contributed by atoms with van der Waals surface area (Å²) in [6, 6.07) is 8.29. The molecule has 0 fully saturated rings. The van der Waals surface area contributed by atoms with Crippen LogP contribution in [0.1, 0.15) is 29.5 Å². The van der Waals surface area contributed by atoms with Gasteiger partial charge in [-0.2, -0.15) is 18.3 Å². The summed E-state index contributed by atoms with van der Waals surface area (Å²) in [7, 11) is 1.49. The number of alkyl halides is 3. The number of carbonyl (C=O) groups excluding carboxylic acids is 2. The molecule has 0 bridgehead atoms. The molecule has 9 heteroatoms. The Balaban J connectivity index is 1.61. The number of pyridine rings is 1. The Morgan fingerprint density at radius 3 is 2.36 bits per heavy atom. The van der Waals surface area contributed by atoms with E-state index in [2.05, 4.69) is 15.4 Å². The molecule has 28 heavy (non-hydrogen) atoms. The second-order valence-corrected chi connectivity index (χ2v) is 6.34. The third kappa shape index (κ3) is 4.73. The molecule has 1 N–H and O–H groups in total. The monoisotopic (exact) mass is 390 g/mol. The van der Waals surface area contributed by atoms with E-state index in [1.807, 2.05) is 0 Å². The van der Waals surface area contributed by atoms with Gasteiger partial charge in [0.15, 0.2) is 0 Å². The first kappa shape index (κ1) is 19.5. The van der Waals surface area contributed by atoms with E-state index in [-0.39, 0.29) is 24.5 Å². The zero-order valence-electron chi connectivity index (χ0n) is 15.0. The summed E-state index contributed by atoms with van der Waals surface area (Å²) in [5, 5.41) is 7.69. The van der Waals surface area contributed by atoms with Gasteiger partial charge in [-0.05, 0) is 35.7 Å². The fourth-order valence-corrected chi connectivity index (χ4v) is 2.67. The van der Waals surface area contributed by atoms with Crippen LogP contribution in [0.2, 0.25) is 0 Å². The van der Waals surface area contributed by atoms with Crippen LogP contribution in [0.15, 0.2) is 47.7 Å². The predicted octanol–water partition coefficient (Wildman–Crippen LogP) is 3.24. The first-order valence-electron chi connectivity index (χ1n) is 8.49. The number of carbonyl (C=O) groups is 2. The van der Waals surface area contributed by atoms with Gasteiger partial charge in [-0.1, -0.05) is 18.2 Å². The van der Waals surface area contributed by atoms with E-state index < -0.39 is 17.6 Å². The highest BCUT2D eigenvalue weighted by Crippen LogP contribution is 2.29. The molecule has 0 aliphatic carbocycles. The number of aromatic nitrogens is 1. The normalized spacial score (nSPS) is 14.6. The molecule has 1 aromatic carbocycles. The maximum atomic E-state index is 12.6. The van der Waals surface area contributed by atoms with Crippen LogP contribution in [0.5, 0.6) is 0 Å². The SMILES string of the molecule is CN1N=C(C(=O)Nc2ccc(Cc3ccc(C(F)(F)F)cc3)cn2)CCC1=O. The second kappa shape index (κ2) is 7.79. The van der Waals surface area contributed by atoms with E-state index in [0.29, 0.717) is 12.2 Å². The number of anilines is 1. The van der Waals surface area contributed by atoms with Gasteiger partial charge in [-0.15, -0.1) is 0 Å². The van der Waals surface area contributed by atoms with Crippen LogP contribution in [0.4, 0.5) is 19.0 Å². The Hall–Kier alpha value is -3.23. The topological polar surface area (TPSA) is 74.7 Å². The van der Waals surface area contributed by atoms with Crippen molar-refractivity contribution >= 4 is 23.3 Å². The zero-order chi connectivity index (χ0) is 20.3. The van der Waals surface area contributed by atoms with Gasteiger partial charge in [0.1, 0.15) is 11.5 Å². The highest BCUT2D eigenvalue weighted by Gasteiger charge is 2.29. The predicted molar refractivity (Wildman–Crippen MR) is 96.6 cm³/mol. The van der Waals surface area contributed by atoms with Crippen molar-refractivity contribution in [3.05, 3.63) is 59.3 Å². The summed E-state index contributed by atoms with van der Waals surface area (Å²) >= 11 is 0. The number of rotatable bonds is 4. The molecule has 0 atom stereocenters. The molecule has 0 saturated carbocycles. The minimum absolute atomic E-state index is 0.151. The quantitative estimate of drug-likeness (QED) is 0.871. The lowest BCUT2D eigenvalue weighted by atomic mass is 10.0. The first-order chi connectivity index (χ1) is 13.2. The van der Waals surface area contributed by atoms with E-state index in [0.717, 1.165) is 28.3 Å². The molecular weight excluding hydrogens is 373 g/mol. The summed E-state index contributed by atoms with van der Waals surface area (Å²) in [5.74, 6) is -0.256. The van der Waals surface area contributed by atoms with Crippen LogP contribution in [-0.2, 0) is 22.2 Å². The molecule has 1 aromatic heterocycles. The number of hydrogen-bond acceptors (Lipinski definition) is 4. The lowest BCUT2D eigenvalue weighted by Crippen LogP contribution is -2.34. The minimum atomic E-state index is -4.36. The van der Waals surface area contributed by atoms with Gasteiger partial charge in [0, 0.05) is 26.1 Å². The molecule has 3 rings (SSSR count). The lowest BCUT2D eigenvalue weighted by Gasteiger charge is -2.18. The van der Waals surface area contributed by atoms with Crippen molar-refractivity contribution in [3.63, 3.8) is 0 Å². The second-order valence-electron chi connectivity index (χ2n) is 6.34. The van der Waals surface area contributed by atoms with Crippen LogP contribution < -0.4 is 5.32 Å². The van der Waals surface area contributed by atoms with Crippen LogP contribution >= 0.6 is 0 Å². The minimum Gasteiger partial charge on any atom is -0.305 e. The van der Waals surface area contributed by atoms with Gasteiger partial charge >= 0.3 is 6.18 Å². The van der Waals surface area contributed by atoms with Gasteiger partial charge in [0.05, 0.1) is 5.56 Å². The fraction of sp³-hybridized carbons (Fsp3) is 0.263. The van der Waals surface area contributed by atoms with Crippen molar-refractivity contribution < 1.29 is 22.8 Å². The van der Waals surface area contributed by atoms with Gasteiger partial charge in [-0.3, -0.25) is 9.59 Å². The molecule has 1 aliphatic heterocycles. The van der Waals surface area contributed by atoms with Crippen molar-refractivity contribution in [1.29, 1.82) is 0 Å². The smallest absolute Gasteiger partial charge is 0.305 e. The number of nitrogens with zero attached hydrogens (tertiary/aromatic N) is 3. The molecule has 2 heterocycles. The van der Waals surface area contributed by atoms with Gasteiger partial charge in [-0.25, -0.2) is 9.99 Å². The summed E-state index contributed by atoms with van der Waals surface area (Å²) < 4.78 is 37.8. The molecular formula is C19H17F3N4O2. The van der Waals surface area contributed by atoms with E-state index in [9.17, 15) is 22.8 Å². The van der Waals surface area contributed by atoms with E-state index in [1.165, 1.54) is 19.2 Å². The molecule has 1 aliphatic rings. The van der Waals surface area contributed by atoms with Crippen LogP contribution in [0, 0.1) is 0 Å². The molecule has 0 radical (unpaired) electrons. The van der Waals surface area contributed by atoms with Crippen LogP contribution in [0.3, 0.4) is 0 Å². The van der Waals surface area contributed by atoms with Gasteiger partial charge in [0.2, 0.25) is 5.91 Å². The number of hydrogen-bond donors (Lipinski definition) is 1. The number of halogens is 3. The molecule has 6 nitrogen and oxygen atoms in total. The Morgan fingerprint density at radius 2 is 1.79 bits per heavy atom. The fourth-order valence-electron chi connectivity index (χ4n) is 2.67. The Kier molecular flexibility index (Phi) is 5.43. The lowest BCUT2D eigenvalue weighted by molar-refractivity contribution is -0.137. The number of benzene rings is 1. The van der Waals surface area contributed by atoms with Crippen molar-refractivity contribution in [1.82, 2.24) is 9.99 Å². The van der Waals surface area contributed by atoms with E-state index in [4.69, 9.17) is 0 Å². The van der Waals surface area contributed by atoms with Gasteiger partial charge in [0.25, 0.3) is 5.91 Å². The number of nitrogens with one attached hydrogen (secondary N) is 1. The first-order valence-corrected chi connectivity index (χ1v) is 8.49. The van der Waals surface area contributed by atoms with E-state index in [1.54, 1.807) is 18.3 Å².